The van der Waals surface area contributed by atoms with Gasteiger partial charge in [-0.2, -0.15) is 0 Å². The van der Waals surface area contributed by atoms with Crippen LogP contribution in [0.5, 0.6) is 0 Å². The Morgan fingerprint density at radius 1 is 1.58 bits per heavy atom. The SMILES string of the molecule is CC(=O)N[C@@H]1[C@@H](O)C=C(P(=O)(O)O)C[C@H]1OCCO. The van der Waals surface area contributed by atoms with E-state index in [0.29, 0.717) is 0 Å². The fourth-order valence-electron chi connectivity index (χ4n) is 1.92. The summed E-state index contributed by atoms with van der Waals surface area (Å²) < 4.78 is 16.4. The van der Waals surface area contributed by atoms with Crippen LogP contribution in [0.3, 0.4) is 0 Å². The van der Waals surface area contributed by atoms with Gasteiger partial charge in [-0.3, -0.25) is 9.36 Å². The normalized spacial score (nSPS) is 27.8. The van der Waals surface area contributed by atoms with Crippen molar-refractivity contribution in [1.82, 2.24) is 5.32 Å². The highest BCUT2D eigenvalue weighted by molar-refractivity contribution is 7.56. The minimum Gasteiger partial charge on any atom is -0.394 e. The molecule has 1 aliphatic rings. The Kier molecular flexibility index (Phi) is 5.66. The van der Waals surface area contributed by atoms with Gasteiger partial charge in [0.2, 0.25) is 5.91 Å². The van der Waals surface area contributed by atoms with Crippen LogP contribution in [0.2, 0.25) is 0 Å². The summed E-state index contributed by atoms with van der Waals surface area (Å²) in [4.78, 5) is 29.3. The molecule has 19 heavy (non-hydrogen) atoms. The van der Waals surface area contributed by atoms with Gasteiger partial charge in [0, 0.05) is 18.7 Å². The fourth-order valence-corrected chi connectivity index (χ4v) is 2.68. The topological polar surface area (TPSA) is 136 Å². The lowest BCUT2D eigenvalue weighted by Crippen LogP contribution is -2.52. The molecule has 1 aliphatic carbocycles. The molecule has 0 unspecified atom stereocenters. The highest BCUT2D eigenvalue weighted by Crippen LogP contribution is 2.49. The van der Waals surface area contributed by atoms with Crippen molar-refractivity contribution < 1.29 is 34.1 Å². The first-order chi connectivity index (χ1) is 8.75. The first kappa shape index (κ1) is 16.3. The molecule has 0 saturated carbocycles. The molecule has 0 aromatic carbocycles. The van der Waals surface area contributed by atoms with Gasteiger partial charge in [-0.25, -0.2) is 0 Å². The molecule has 5 N–H and O–H groups in total. The monoisotopic (exact) mass is 295 g/mol. The average molecular weight is 295 g/mol. The van der Waals surface area contributed by atoms with Crippen molar-refractivity contribution in [3.8, 4) is 0 Å². The van der Waals surface area contributed by atoms with Crippen molar-refractivity contribution in [3.63, 3.8) is 0 Å². The van der Waals surface area contributed by atoms with Gasteiger partial charge < -0.3 is 30.1 Å². The van der Waals surface area contributed by atoms with E-state index in [-0.39, 0.29) is 24.9 Å². The largest absolute Gasteiger partial charge is 0.394 e. The van der Waals surface area contributed by atoms with E-state index < -0.39 is 31.8 Å². The van der Waals surface area contributed by atoms with E-state index in [2.05, 4.69) is 5.32 Å². The van der Waals surface area contributed by atoms with E-state index in [0.717, 1.165) is 6.08 Å². The second-order valence-electron chi connectivity index (χ2n) is 4.26. The molecule has 0 spiro atoms. The maximum Gasteiger partial charge on any atom is 0.352 e. The molecular formula is C10H18NO7P. The van der Waals surface area contributed by atoms with Crippen LogP contribution in [-0.2, 0) is 14.1 Å². The van der Waals surface area contributed by atoms with E-state index in [1.165, 1.54) is 6.92 Å². The van der Waals surface area contributed by atoms with Gasteiger partial charge >= 0.3 is 7.60 Å². The molecule has 0 aromatic heterocycles. The zero-order valence-electron chi connectivity index (χ0n) is 10.4. The van der Waals surface area contributed by atoms with Crippen LogP contribution in [0.4, 0.5) is 0 Å². The maximum absolute atomic E-state index is 11.2. The summed E-state index contributed by atoms with van der Waals surface area (Å²) in [6.45, 7) is 0.939. The van der Waals surface area contributed by atoms with Crippen LogP contribution in [0, 0.1) is 0 Å². The van der Waals surface area contributed by atoms with Crippen molar-refractivity contribution in [2.45, 2.75) is 31.6 Å². The number of rotatable bonds is 5. The quantitative estimate of drug-likeness (QED) is 0.397. The first-order valence-electron chi connectivity index (χ1n) is 5.70. The lowest BCUT2D eigenvalue weighted by atomic mass is 9.95. The second kappa shape index (κ2) is 6.60. The van der Waals surface area contributed by atoms with Crippen molar-refractivity contribution in [1.29, 1.82) is 0 Å². The van der Waals surface area contributed by atoms with Crippen LogP contribution in [0.25, 0.3) is 0 Å². The number of ether oxygens (including phenoxy) is 1. The minimum absolute atomic E-state index is 0.0537. The molecule has 110 valence electrons. The summed E-state index contributed by atoms with van der Waals surface area (Å²) in [5, 5.41) is 20.8. The fraction of sp³-hybridized carbons (Fsp3) is 0.700. The summed E-state index contributed by atoms with van der Waals surface area (Å²) in [5.41, 5.74) is 0. The van der Waals surface area contributed by atoms with Gasteiger partial charge in [0.15, 0.2) is 0 Å². The highest BCUT2D eigenvalue weighted by Gasteiger charge is 2.38. The molecule has 0 saturated heterocycles. The molecule has 0 aliphatic heterocycles. The van der Waals surface area contributed by atoms with Gasteiger partial charge in [0.1, 0.15) is 0 Å². The highest BCUT2D eigenvalue weighted by atomic mass is 31.2. The lowest BCUT2D eigenvalue weighted by molar-refractivity contribution is -0.122. The number of carbonyl (C=O) groups is 1. The summed E-state index contributed by atoms with van der Waals surface area (Å²) >= 11 is 0. The molecule has 0 fully saturated rings. The third-order valence-corrected chi connectivity index (χ3v) is 3.79. The zero-order chi connectivity index (χ0) is 14.6. The van der Waals surface area contributed by atoms with Crippen molar-refractivity contribution >= 4 is 13.5 Å². The van der Waals surface area contributed by atoms with Crippen LogP contribution in [0.15, 0.2) is 11.4 Å². The van der Waals surface area contributed by atoms with Gasteiger partial charge in [0.05, 0.1) is 31.5 Å². The molecule has 0 heterocycles. The molecule has 1 amide bonds. The maximum atomic E-state index is 11.2. The van der Waals surface area contributed by atoms with E-state index in [1.54, 1.807) is 0 Å². The molecule has 0 aromatic rings. The number of hydrogen-bond donors (Lipinski definition) is 5. The Morgan fingerprint density at radius 3 is 2.68 bits per heavy atom. The average Bonchev–Trinajstić information content (AvgIpc) is 2.27. The molecular weight excluding hydrogens is 277 g/mol. The third kappa shape index (κ3) is 4.68. The number of aliphatic hydroxyl groups excluding tert-OH is 2. The Balaban J connectivity index is 2.92. The summed E-state index contributed by atoms with van der Waals surface area (Å²) in [6.07, 6.45) is -1.14. The Labute approximate surface area is 110 Å². The van der Waals surface area contributed by atoms with Crippen LogP contribution >= 0.6 is 7.60 Å². The molecule has 9 heteroatoms. The van der Waals surface area contributed by atoms with Gasteiger partial charge in [-0.1, -0.05) is 0 Å². The predicted molar refractivity (Wildman–Crippen MR) is 65.2 cm³/mol. The number of amides is 1. The smallest absolute Gasteiger partial charge is 0.352 e. The number of nitrogens with one attached hydrogen (secondary N) is 1. The second-order valence-corrected chi connectivity index (χ2v) is 5.92. The van der Waals surface area contributed by atoms with Gasteiger partial charge in [-0.05, 0) is 6.08 Å². The standard InChI is InChI=1S/C10H18NO7P/c1-6(13)11-10-8(14)4-7(19(15,16)17)5-9(10)18-3-2-12/h4,8-10,12,14H,2-3,5H2,1H3,(H,11,13)(H2,15,16,17)/t8-,9+,10+/m0/s1. The Morgan fingerprint density at radius 2 is 2.21 bits per heavy atom. The van der Waals surface area contributed by atoms with Gasteiger partial charge in [-0.15, -0.1) is 0 Å². The van der Waals surface area contributed by atoms with Crippen molar-refractivity contribution in [2.75, 3.05) is 13.2 Å². The summed E-state index contributed by atoms with van der Waals surface area (Å²) in [5.74, 6) is -0.394. The molecule has 8 nitrogen and oxygen atoms in total. The number of hydrogen-bond acceptors (Lipinski definition) is 5. The Hall–Kier alpha value is -0.760. The van der Waals surface area contributed by atoms with Crippen LogP contribution in [0.1, 0.15) is 13.3 Å². The molecule has 1 rings (SSSR count). The van der Waals surface area contributed by atoms with E-state index in [4.69, 9.17) is 19.6 Å². The molecule has 3 atom stereocenters. The Bertz CT molecular complexity index is 405. The number of carbonyl (C=O) groups excluding carboxylic acids is 1. The number of aliphatic hydroxyl groups is 2. The lowest BCUT2D eigenvalue weighted by Gasteiger charge is -2.34. The van der Waals surface area contributed by atoms with Crippen LogP contribution < -0.4 is 5.32 Å². The van der Waals surface area contributed by atoms with E-state index >= 15 is 0 Å². The summed E-state index contributed by atoms with van der Waals surface area (Å²) in [7, 11) is -4.46. The van der Waals surface area contributed by atoms with Gasteiger partial charge in [0.25, 0.3) is 0 Å². The third-order valence-electron chi connectivity index (χ3n) is 2.71. The van der Waals surface area contributed by atoms with Crippen molar-refractivity contribution in [3.05, 3.63) is 11.4 Å². The molecule has 0 bridgehead atoms. The predicted octanol–water partition coefficient (Wildman–Crippen LogP) is -1.31. The minimum atomic E-state index is -4.46. The summed E-state index contributed by atoms with van der Waals surface area (Å²) in [6, 6.07) is -0.806. The zero-order valence-corrected chi connectivity index (χ0v) is 11.3. The van der Waals surface area contributed by atoms with E-state index in [1.807, 2.05) is 0 Å². The van der Waals surface area contributed by atoms with Crippen LogP contribution in [-0.4, -0.2) is 57.4 Å². The molecule has 0 radical (unpaired) electrons. The van der Waals surface area contributed by atoms with Crippen molar-refractivity contribution in [2.24, 2.45) is 0 Å². The first-order valence-corrected chi connectivity index (χ1v) is 7.31. The van der Waals surface area contributed by atoms with E-state index in [9.17, 15) is 14.5 Å².